The van der Waals surface area contributed by atoms with Crippen molar-refractivity contribution in [2.45, 2.75) is 25.4 Å². The molecule has 1 aliphatic carbocycles. The molecular formula is C12H15NO2. The molecule has 0 saturated heterocycles. The first-order chi connectivity index (χ1) is 7.27. The van der Waals surface area contributed by atoms with Crippen LogP contribution in [0.15, 0.2) is 30.3 Å². The van der Waals surface area contributed by atoms with Gasteiger partial charge in [-0.15, -0.1) is 0 Å². The predicted octanol–water partition coefficient (Wildman–Crippen LogP) is 1.64. The van der Waals surface area contributed by atoms with Crippen LogP contribution in [-0.4, -0.2) is 17.1 Å². The summed E-state index contributed by atoms with van der Waals surface area (Å²) >= 11 is 0. The van der Waals surface area contributed by atoms with Gasteiger partial charge in [-0.05, 0) is 18.4 Å². The van der Waals surface area contributed by atoms with Crippen LogP contribution >= 0.6 is 0 Å². The molecule has 80 valence electrons. The third-order valence-electron chi connectivity index (χ3n) is 3.00. The van der Waals surface area contributed by atoms with E-state index in [4.69, 9.17) is 5.11 Å². The fourth-order valence-electron chi connectivity index (χ4n) is 1.88. The van der Waals surface area contributed by atoms with Crippen LogP contribution in [0.25, 0.3) is 0 Å². The second-order valence-corrected chi connectivity index (χ2v) is 4.00. The van der Waals surface area contributed by atoms with E-state index in [0.717, 1.165) is 19.4 Å². The Morgan fingerprint density at radius 2 is 2.07 bits per heavy atom. The first-order valence-corrected chi connectivity index (χ1v) is 5.27. The van der Waals surface area contributed by atoms with Crippen LogP contribution in [0.4, 0.5) is 0 Å². The van der Waals surface area contributed by atoms with Crippen LogP contribution in [0.3, 0.4) is 0 Å². The lowest BCUT2D eigenvalue weighted by atomic mass is 9.79. The second kappa shape index (κ2) is 4.45. The fraction of sp³-hybridized carbons (Fsp3) is 0.417. The molecule has 0 bridgehead atoms. The van der Waals surface area contributed by atoms with Gasteiger partial charge in [-0.3, -0.25) is 4.79 Å². The van der Waals surface area contributed by atoms with Gasteiger partial charge in [-0.2, -0.15) is 0 Å². The average Bonchev–Trinajstić information content (AvgIpc) is 2.17. The molecule has 0 amide bonds. The molecule has 3 heteroatoms. The molecule has 0 aromatic heterocycles. The highest BCUT2D eigenvalue weighted by molar-refractivity contribution is 5.72. The zero-order valence-electron chi connectivity index (χ0n) is 8.52. The summed E-state index contributed by atoms with van der Waals surface area (Å²) in [7, 11) is 0. The Morgan fingerprint density at radius 3 is 2.60 bits per heavy atom. The number of hydrogen-bond donors (Lipinski definition) is 2. The van der Waals surface area contributed by atoms with Crippen molar-refractivity contribution >= 4 is 5.97 Å². The van der Waals surface area contributed by atoms with Crippen molar-refractivity contribution in [3.63, 3.8) is 0 Å². The van der Waals surface area contributed by atoms with Gasteiger partial charge >= 0.3 is 5.97 Å². The lowest BCUT2D eigenvalue weighted by molar-refractivity contribution is -0.146. The van der Waals surface area contributed by atoms with Gasteiger partial charge in [0.2, 0.25) is 0 Å². The van der Waals surface area contributed by atoms with Gasteiger partial charge in [0.15, 0.2) is 0 Å². The standard InChI is InChI=1S/C12H15NO2/c14-12(15)10-6-7-11(10)13-8-9-4-2-1-3-5-9/h1-5,10-11,13H,6-8H2,(H,14,15). The van der Waals surface area contributed by atoms with Gasteiger partial charge in [0.1, 0.15) is 0 Å². The average molecular weight is 205 g/mol. The maximum Gasteiger partial charge on any atom is 0.308 e. The summed E-state index contributed by atoms with van der Waals surface area (Å²) in [6.45, 7) is 0.759. The Hall–Kier alpha value is -1.35. The molecule has 1 aromatic rings. The third-order valence-corrected chi connectivity index (χ3v) is 3.00. The monoisotopic (exact) mass is 205 g/mol. The van der Waals surface area contributed by atoms with Crippen LogP contribution in [0.2, 0.25) is 0 Å². The summed E-state index contributed by atoms with van der Waals surface area (Å²) in [6.07, 6.45) is 1.78. The molecule has 2 rings (SSSR count). The highest BCUT2D eigenvalue weighted by atomic mass is 16.4. The lowest BCUT2D eigenvalue weighted by Gasteiger charge is -2.34. The van der Waals surface area contributed by atoms with E-state index in [1.165, 1.54) is 5.56 Å². The van der Waals surface area contributed by atoms with Gasteiger partial charge in [-0.1, -0.05) is 30.3 Å². The van der Waals surface area contributed by atoms with Gasteiger partial charge in [-0.25, -0.2) is 0 Å². The van der Waals surface area contributed by atoms with E-state index in [9.17, 15) is 4.79 Å². The minimum Gasteiger partial charge on any atom is -0.481 e. The summed E-state index contributed by atoms with van der Waals surface area (Å²) in [6, 6.07) is 10.2. The third kappa shape index (κ3) is 2.36. The van der Waals surface area contributed by atoms with Crippen molar-refractivity contribution in [2.24, 2.45) is 5.92 Å². The van der Waals surface area contributed by atoms with Crippen LogP contribution in [0.1, 0.15) is 18.4 Å². The molecule has 3 nitrogen and oxygen atoms in total. The summed E-state index contributed by atoms with van der Waals surface area (Å²) in [4.78, 5) is 10.8. The Bertz CT molecular complexity index is 337. The van der Waals surface area contributed by atoms with E-state index in [-0.39, 0.29) is 12.0 Å². The number of rotatable bonds is 4. The minimum absolute atomic E-state index is 0.155. The zero-order valence-corrected chi connectivity index (χ0v) is 8.52. The highest BCUT2D eigenvalue weighted by Gasteiger charge is 2.35. The maximum atomic E-state index is 10.8. The number of carboxylic acid groups (broad SMARTS) is 1. The number of aliphatic carboxylic acids is 1. The highest BCUT2D eigenvalue weighted by Crippen LogP contribution is 2.27. The maximum absolute atomic E-state index is 10.8. The first kappa shape index (κ1) is 10.2. The molecular weight excluding hydrogens is 190 g/mol. The van der Waals surface area contributed by atoms with Crippen molar-refractivity contribution < 1.29 is 9.90 Å². The Morgan fingerprint density at radius 1 is 1.33 bits per heavy atom. The Kier molecular flexibility index (Phi) is 3.02. The number of benzene rings is 1. The largest absolute Gasteiger partial charge is 0.481 e. The molecule has 0 radical (unpaired) electrons. The summed E-state index contributed by atoms with van der Waals surface area (Å²) < 4.78 is 0. The van der Waals surface area contributed by atoms with E-state index >= 15 is 0 Å². The molecule has 2 atom stereocenters. The normalized spacial score (nSPS) is 24.5. The first-order valence-electron chi connectivity index (χ1n) is 5.27. The van der Waals surface area contributed by atoms with Crippen molar-refractivity contribution in [1.29, 1.82) is 0 Å². The van der Waals surface area contributed by atoms with E-state index in [1.54, 1.807) is 0 Å². The van der Waals surface area contributed by atoms with Crippen LogP contribution < -0.4 is 5.32 Å². The summed E-state index contributed by atoms with van der Waals surface area (Å²) in [5.41, 5.74) is 1.20. The smallest absolute Gasteiger partial charge is 0.308 e. The molecule has 2 unspecified atom stereocenters. The quantitative estimate of drug-likeness (QED) is 0.785. The topological polar surface area (TPSA) is 49.3 Å². The van der Waals surface area contributed by atoms with E-state index in [1.807, 2.05) is 30.3 Å². The van der Waals surface area contributed by atoms with Crippen LogP contribution in [-0.2, 0) is 11.3 Å². The van der Waals surface area contributed by atoms with Gasteiger partial charge in [0, 0.05) is 12.6 Å². The minimum atomic E-state index is -0.674. The van der Waals surface area contributed by atoms with Crippen molar-refractivity contribution in [2.75, 3.05) is 0 Å². The van der Waals surface area contributed by atoms with E-state index < -0.39 is 5.97 Å². The number of carbonyl (C=O) groups is 1. The van der Waals surface area contributed by atoms with Crippen LogP contribution in [0.5, 0.6) is 0 Å². The lowest BCUT2D eigenvalue weighted by Crippen LogP contribution is -2.47. The Labute approximate surface area is 89.1 Å². The summed E-state index contributed by atoms with van der Waals surface area (Å²) in [5, 5.41) is 12.1. The van der Waals surface area contributed by atoms with Crippen LogP contribution in [0, 0.1) is 5.92 Å². The molecule has 1 aromatic carbocycles. The molecule has 1 aliphatic rings. The molecule has 0 aliphatic heterocycles. The zero-order chi connectivity index (χ0) is 10.7. The van der Waals surface area contributed by atoms with Crippen molar-refractivity contribution in [3.05, 3.63) is 35.9 Å². The fourth-order valence-corrected chi connectivity index (χ4v) is 1.88. The van der Waals surface area contributed by atoms with Gasteiger partial charge < -0.3 is 10.4 Å². The molecule has 15 heavy (non-hydrogen) atoms. The van der Waals surface area contributed by atoms with Gasteiger partial charge in [0.25, 0.3) is 0 Å². The Balaban J connectivity index is 1.82. The molecule has 0 heterocycles. The number of hydrogen-bond acceptors (Lipinski definition) is 2. The molecule has 2 N–H and O–H groups in total. The van der Waals surface area contributed by atoms with Gasteiger partial charge in [0.05, 0.1) is 5.92 Å². The molecule has 1 saturated carbocycles. The molecule has 0 spiro atoms. The predicted molar refractivity (Wildman–Crippen MR) is 57.4 cm³/mol. The van der Waals surface area contributed by atoms with E-state index in [0.29, 0.717) is 0 Å². The molecule has 1 fully saturated rings. The van der Waals surface area contributed by atoms with Crippen molar-refractivity contribution in [1.82, 2.24) is 5.32 Å². The number of nitrogens with one attached hydrogen (secondary N) is 1. The van der Waals surface area contributed by atoms with Crippen molar-refractivity contribution in [3.8, 4) is 0 Å². The number of carboxylic acids is 1. The SMILES string of the molecule is O=C(O)C1CCC1NCc1ccccc1. The van der Waals surface area contributed by atoms with E-state index in [2.05, 4.69) is 5.32 Å². The summed E-state index contributed by atoms with van der Waals surface area (Å²) in [5.74, 6) is -0.861. The second-order valence-electron chi connectivity index (χ2n) is 4.00.